The van der Waals surface area contributed by atoms with Gasteiger partial charge in [0.1, 0.15) is 5.82 Å². The molecule has 1 aromatic rings. The van der Waals surface area contributed by atoms with Crippen molar-refractivity contribution in [2.75, 3.05) is 0 Å². The van der Waals surface area contributed by atoms with Crippen LogP contribution in [0.25, 0.3) is 0 Å². The monoisotopic (exact) mass is 332 g/mol. The molecule has 60 valence electrons. The second kappa shape index (κ2) is 3.35. The van der Waals surface area contributed by atoms with Gasteiger partial charge in [0.2, 0.25) is 0 Å². The van der Waals surface area contributed by atoms with Crippen molar-refractivity contribution in [1.82, 2.24) is 0 Å². The second-order valence-electron chi connectivity index (χ2n) is 2.12. The minimum absolute atomic E-state index is 0.0366. The lowest BCUT2D eigenvalue weighted by molar-refractivity contribution is 0.560. The van der Waals surface area contributed by atoms with E-state index < -0.39 is 11.6 Å². The third kappa shape index (κ3) is 1.72. The van der Waals surface area contributed by atoms with Crippen LogP contribution in [-0.4, -0.2) is 0 Å². The van der Waals surface area contributed by atoms with E-state index in [4.69, 9.17) is 0 Å². The summed E-state index contributed by atoms with van der Waals surface area (Å²) in [5, 5.41) is 0. The average molecular weight is 333 g/mol. The van der Waals surface area contributed by atoms with Gasteiger partial charge in [-0.15, -0.1) is 0 Å². The maximum Gasteiger partial charge on any atom is 0.153 e. The van der Waals surface area contributed by atoms with E-state index in [1.165, 1.54) is 6.07 Å². The first-order valence-corrected chi connectivity index (χ1v) is 4.71. The van der Waals surface area contributed by atoms with E-state index in [0.29, 0.717) is 10.0 Å². The Morgan fingerprint density at radius 2 is 1.91 bits per heavy atom. The third-order valence-corrected chi connectivity index (χ3v) is 2.81. The zero-order valence-electron chi connectivity index (χ0n) is 5.59. The van der Waals surface area contributed by atoms with Crippen LogP contribution < -0.4 is 0 Å². The van der Waals surface area contributed by atoms with Gasteiger partial charge in [-0.05, 0) is 57.1 Å². The van der Waals surface area contributed by atoms with Crippen molar-refractivity contribution in [2.45, 2.75) is 6.92 Å². The highest BCUT2D eigenvalue weighted by atomic mass is 127. The number of benzene rings is 1. The number of rotatable bonds is 0. The van der Waals surface area contributed by atoms with E-state index >= 15 is 0 Å². The highest BCUT2D eigenvalue weighted by molar-refractivity contribution is 14.1. The highest BCUT2D eigenvalue weighted by Crippen LogP contribution is 2.25. The van der Waals surface area contributed by atoms with Crippen LogP contribution >= 0.6 is 38.5 Å². The van der Waals surface area contributed by atoms with Crippen molar-refractivity contribution in [3.8, 4) is 0 Å². The number of hydrogen-bond acceptors (Lipinski definition) is 0. The van der Waals surface area contributed by atoms with Crippen LogP contribution in [-0.2, 0) is 0 Å². The Labute approximate surface area is 85.3 Å². The van der Waals surface area contributed by atoms with Gasteiger partial charge in [0.25, 0.3) is 0 Å². The molecule has 4 heteroatoms. The van der Waals surface area contributed by atoms with Gasteiger partial charge in [-0.1, -0.05) is 0 Å². The Morgan fingerprint density at radius 3 is 2.45 bits per heavy atom. The van der Waals surface area contributed by atoms with Crippen molar-refractivity contribution in [1.29, 1.82) is 0 Å². The molecule has 0 fully saturated rings. The number of hydrogen-bond donors (Lipinski definition) is 0. The van der Waals surface area contributed by atoms with Gasteiger partial charge in [0.15, 0.2) is 5.82 Å². The van der Waals surface area contributed by atoms with Gasteiger partial charge in [0.05, 0.1) is 8.04 Å². The predicted molar refractivity (Wildman–Crippen MR) is 51.5 cm³/mol. The molecule has 0 bridgehead atoms. The van der Waals surface area contributed by atoms with Crippen LogP contribution in [0.15, 0.2) is 10.5 Å². The van der Waals surface area contributed by atoms with Gasteiger partial charge in [-0.3, -0.25) is 0 Å². The molecule has 0 aliphatic heterocycles. The fourth-order valence-electron chi connectivity index (χ4n) is 0.691. The number of aryl methyl sites for hydroxylation is 1. The maximum absolute atomic E-state index is 12.9. The summed E-state index contributed by atoms with van der Waals surface area (Å²) in [7, 11) is 0. The van der Waals surface area contributed by atoms with E-state index in [2.05, 4.69) is 15.9 Å². The third-order valence-electron chi connectivity index (χ3n) is 1.28. The van der Waals surface area contributed by atoms with Crippen LogP contribution in [0.3, 0.4) is 0 Å². The normalized spacial score (nSPS) is 10.3. The molecule has 0 aliphatic rings. The van der Waals surface area contributed by atoms with Crippen molar-refractivity contribution < 1.29 is 8.78 Å². The van der Waals surface area contributed by atoms with Gasteiger partial charge in [0, 0.05) is 0 Å². The molecule has 0 nitrogen and oxygen atoms in total. The smallest absolute Gasteiger partial charge is 0.153 e. The molecule has 0 atom stereocenters. The van der Waals surface area contributed by atoms with E-state index in [9.17, 15) is 8.78 Å². The largest absolute Gasteiger partial charge is 0.205 e. The van der Waals surface area contributed by atoms with E-state index in [1.807, 2.05) is 0 Å². The fourth-order valence-corrected chi connectivity index (χ4v) is 2.32. The van der Waals surface area contributed by atoms with Crippen LogP contribution in [0.4, 0.5) is 8.78 Å². The molecule has 0 N–H and O–H groups in total. The Balaban J connectivity index is 3.46. The molecular formula is C7H4BrF2I. The second-order valence-corrected chi connectivity index (χ2v) is 4.05. The van der Waals surface area contributed by atoms with Gasteiger partial charge >= 0.3 is 0 Å². The average Bonchev–Trinajstić information content (AvgIpc) is 1.97. The standard InChI is InChI=1S/C7H4BrF2I/c1-3-2-4(8)6(10)7(11)5(3)9/h2H,1H3. The SMILES string of the molecule is Cc1cc(Br)c(F)c(I)c1F. The predicted octanol–water partition coefficient (Wildman–Crippen LogP) is 3.64. The molecule has 0 heterocycles. The summed E-state index contributed by atoms with van der Waals surface area (Å²) in [6.45, 7) is 1.60. The van der Waals surface area contributed by atoms with Crippen molar-refractivity contribution in [2.24, 2.45) is 0 Å². The summed E-state index contributed by atoms with van der Waals surface area (Å²) >= 11 is 4.62. The van der Waals surface area contributed by atoms with Gasteiger partial charge in [-0.2, -0.15) is 0 Å². The van der Waals surface area contributed by atoms with Crippen molar-refractivity contribution >= 4 is 38.5 Å². The molecular weight excluding hydrogens is 329 g/mol. The molecule has 0 aromatic heterocycles. The summed E-state index contributed by atoms with van der Waals surface area (Å²) in [6, 6.07) is 1.42. The van der Waals surface area contributed by atoms with Gasteiger partial charge in [-0.25, -0.2) is 8.78 Å². The zero-order valence-corrected chi connectivity index (χ0v) is 9.33. The summed E-state index contributed by atoms with van der Waals surface area (Å²) in [4.78, 5) is 0. The molecule has 0 saturated carbocycles. The molecule has 0 aliphatic carbocycles. The fraction of sp³-hybridized carbons (Fsp3) is 0.143. The molecule has 0 amide bonds. The molecule has 0 unspecified atom stereocenters. The van der Waals surface area contributed by atoms with Crippen molar-refractivity contribution in [3.05, 3.63) is 31.3 Å². The lowest BCUT2D eigenvalue weighted by Crippen LogP contribution is -1.93. The minimum Gasteiger partial charge on any atom is -0.205 e. The van der Waals surface area contributed by atoms with Crippen LogP contribution in [0, 0.1) is 22.1 Å². The molecule has 1 rings (SSSR count). The van der Waals surface area contributed by atoms with E-state index in [-0.39, 0.29) is 3.57 Å². The van der Waals surface area contributed by atoms with Crippen LogP contribution in [0.5, 0.6) is 0 Å². The molecule has 0 spiro atoms. The summed E-state index contributed by atoms with van der Waals surface area (Å²) in [6.07, 6.45) is 0. The Bertz CT molecular complexity index is 273. The quantitative estimate of drug-likeness (QED) is 0.386. The zero-order chi connectivity index (χ0) is 8.59. The first kappa shape index (κ1) is 9.38. The lowest BCUT2D eigenvalue weighted by Gasteiger charge is -2.02. The van der Waals surface area contributed by atoms with Crippen LogP contribution in [0.2, 0.25) is 0 Å². The van der Waals surface area contributed by atoms with Gasteiger partial charge < -0.3 is 0 Å². The number of halogens is 4. The topological polar surface area (TPSA) is 0 Å². The molecule has 0 saturated heterocycles. The molecule has 1 aromatic carbocycles. The maximum atomic E-state index is 12.9. The Kier molecular flexibility index (Phi) is 2.85. The summed E-state index contributed by atoms with van der Waals surface area (Å²) in [5.74, 6) is -1.01. The Morgan fingerprint density at radius 1 is 1.36 bits per heavy atom. The first-order chi connectivity index (χ1) is 5.04. The Hall–Kier alpha value is 0.290. The highest BCUT2D eigenvalue weighted by Gasteiger charge is 2.11. The van der Waals surface area contributed by atoms with E-state index in [0.717, 1.165) is 0 Å². The lowest BCUT2D eigenvalue weighted by atomic mass is 10.2. The minimum atomic E-state index is -0.534. The van der Waals surface area contributed by atoms with E-state index in [1.54, 1.807) is 29.5 Å². The van der Waals surface area contributed by atoms with Crippen molar-refractivity contribution in [3.63, 3.8) is 0 Å². The first-order valence-electron chi connectivity index (χ1n) is 2.83. The van der Waals surface area contributed by atoms with Crippen LogP contribution in [0.1, 0.15) is 5.56 Å². The summed E-state index contributed by atoms with van der Waals surface area (Å²) in [5.41, 5.74) is 0.447. The summed E-state index contributed by atoms with van der Waals surface area (Å²) < 4.78 is 26.1. The molecule has 0 radical (unpaired) electrons. The molecule has 11 heavy (non-hydrogen) atoms.